The number of rotatable bonds is 4. The molecule has 0 saturated heterocycles. The van der Waals surface area contributed by atoms with Gasteiger partial charge in [0, 0.05) is 19.8 Å². The van der Waals surface area contributed by atoms with Crippen molar-refractivity contribution in [2.45, 2.75) is 25.7 Å². The highest BCUT2D eigenvalue weighted by Crippen LogP contribution is 2.28. The third kappa shape index (κ3) is 2.35. The molecular weight excluding hydrogens is 204 g/mol. The van der Waals surface area contributed by atoms with E-state index in [1.54, 1.807) is 17.9 Å². The van der Waals surface area contributed by atoms with Crippen LogP contribution in [0.2, 0.25) is 0 Å². The van der Waals surface area contributed by atoms with Crippen molar-refractivity contribution in [2.75, 3.05) is 12.3 Å². The lowest BCUT2D eigenvalue weighted by Gasteiger charge is -2.24. The van der Waals surface area contributed by atoms with E-state index in [1.807, 2.05) is 0 Å². The maximum Gasteiger partial charge on any atom is 0.273 e. The first-order chi connectivity index (χ1) is 7.66. The summed E-state index contributed by atoms with van der Waals surface area (Å²) in [7, 11) is 1.75. The van der Waals surface area contributed by atoms with Gasteiger partial charge in [0.1, 0.15) is 0 Å². The van der Waals surface area contributed by atoms with Gasteiger partial charge in [0.25, 0.3) is 5.91 Å². The number of nitrogens with zero attached hydrogens (tertiary/aromatic N) is 2. The minimum Gasteiger partial charge on any atom is -0.396 e. The van der Waals surface area contributed by atoms with E-state index in [1.165, 1.54) is 19.3 Å². The highest BCUT2D eigenvalue weighted by atomic mass is 16.1. The van der Waals surface area contributed by atoms with Crippen LogP contribution in [0.4, 0.5) is 5.69 Å². The molecule has 88 valence electrons. The van der Waals surface area contributed by atoms with Crippen molar-refractivity contribution in [1.29, 1.82) is 0 Å². The van der Waals surface area contributed by atoms with Gasteiger partial charge in [0.15, 0.2) is 5.69 Å². The monoisotopic (exact) mass is 222 g/mol. The summed E-state index contributed by atoms with van der Waals surface area (Å²) in [5.41, 5.74) is 6.43. The number of hydrogen-bond acceptors (Lipinski definition) is 3. The Hall–Kier alpha value is -1.52. The second-order valence-corrected chi connectivity index (χ2v) is 4.45. The van der Waals surface area contributed by atoms with Gasteiger partial charge >= 0.3 is 0 Å². The first kappa shape index (κ1) is 11.0. The van der Waals surface area contributed by atoms with Crippen LogP contribution >= 0.6 is 0 Å². The molecule has 16 heavy (non-hydrogen) atoms. The van der Waals surface area contributed by atoms with E-state index in [-0.39, 0.29) is 5.91 Å². The van der Waals surface area contributed by atoms with Crippen molar-refractivity contribution in [1.82, 2.24) is 15.1 Å². The van der Waals surface area contributed by atoms with E-state index in [4.69, 9.17) is 5.73 Å². The van der Waals surface area contributed by atoms with Crippen LogP contribution in [-0.4, -0.2) is 22.2 Å². The molecule has 1 aromatic heterocycles. The lowest BCUT2D eigenvalue weighted by atomic mass is 9.83. The molecule has 3 N–H and O–H groups in total. The molecule has 0 spiro atoms. The molecule has 1 aliphatic rings. The zero-order valence-corrected chi connectivity index (χ0v) is 9.57. The van der Waals surface area contributed by atoms with Gasteiger partial charge < -0.3 is 11.1 Å². The number of amides is 1. The predicted molar refractivity (Wildman–Crippen MR) is 61.9 cm³/mol. The summed E-state index contributed by atoms with van der Waals surface area (Å²) in [6, 6.07) is 0. The van der Waals surface area contributed by atoms with Crippen LogP contribution < -0.4 is 11.1 Å². The number of aryl methyl sites for hydroxylation is 1. The number of anilines is 1. The smallest absolute Gasteiger partial charge is 0.273 e. The molecule has 2 rings (SSSR count). The molecule has 5 heteroatoms. The first-order valence-corrected chi connectivity index (χ1v) is 5.74. The van der Waals surface area contributed by atoms with Crippen molar-refractivity contribution in [2.24, 2.45) is 13.0 Å². The standard InChI is InChI=1S/C11H18N4O/c1-15-7-9(12)10(14-15)11(16)13-6-5-8-3-2-4-8/h7-8H,2-6,12H2,1H3,(H,13,16). The average Bonchev–Trinajstić information content (AvgIpc) is 2.49. The molecule has 5 nitrogen and oxygen atoms in total. The number of aromatic nitrogens is 2. The molecule has 0 aromatic carbocycles. The molecule has 1 heterocycles. The third-order valence-corrected chi connectivity index (χ3v) is 3.14. The van der Waals surface area contributed by atoms with Gasteiger partial charge in [-0.2, -0.15) is 5.10 Å². The minimum absolute atomic E-state index is 0.169. The van der Waals surface area contributed by atoms with Gasteiger partial charge in [-0.1, -0.05) is 19.3 Å². The van der Waals surface area contributed by atoms with E-state index >= 15 is 0 Å². The van der Waals surface area contributed by atoms with Gasteiger partial charge in [0.2, 0.25) is 0 Å². The van der Waals surface area contributed by atoms with E-state index < -0.39 is 0 Å². The van der Waals surface area contributed by atoms with Crippen molar-refractivity contribution in [3.63, 3.8) is 0 Å². The zero-order valence-electron chi connectivity index (χ0n) is 9.57. The molecule has 0 bridgehead atoms. The Morgan fingerprint density at radius 1 is 1.69 bits per heavy atom. The topological polar surface area (TPSA) is 72.9 Å². The number of nitrogens with two attached hydrogens (primary N) is 1. The Morgan fingerprint density at radius 2 is 2.44 bits per heavy atom. The van der Waals surface area contributed by atoms with Gasteiger partial charge in [0.05, 0.1) is 5.69 Å². The molecule has 0 aliphatic heterocycles. The van der Waals surface area contributed by atoms with E-state index in [0.717, 1.165) is 18.9 Å². The number of nitrogen functional groups attached to an aromatic ring is 1. The van der Waals surface area contributed by atoms with Crippen molar-refractivity contribution >= 4 is 11.6 Å². The average molecular weight is 222 g/mol. The van der Waals surface area contributed by atoms with Crippen LogP contribution in [-0.2, 0) is 7.05 Å². The SMILES string of the molecule is Cn1cc(N)c(C(=O)NCCC2CCC2)n1. The third-order valence-electron chi connectivity index (χ3n) is 3.14. The largest absolute Gasteiger partial charge is 0.396 e. The normalized spacial score (nSPS) is 15.8. The van der Waals surface area contributed by atoms with Crippen molar-refractivity contribution in [3.8, 4) is 0 Å². The Morgan fingerprint density at radius 3 is 2.94 bits per heavy atom. The molecular formula is C11H18N4O. The van der Waals surface area contributed by atoms with Crippen LogP contribution in [0.3, 0.4) is 0 Å². The molecule has 1 saturated carbocycles. The molecule has 1 aliphatic carbocycles. The Kier molecular flexibility index (Phi) is 3.12. The van der Waals surface area contributed by atoms with Gasteiger partial charge in [-0.25, -0.2) is 0 Å². The van der Waals surface area contributed by atoms with Crippen LogP contribution in [0.15, 0.2) is 6.20 Å². The fourth-order valence-corrected chi connectivity index (χ4v) is 1.94. The first-order valence-electron chi connectivity index (χ1n) is 5.74. The summed E-state index contributed by atoms with van der Waals surface area (Å²) in [5.74, 6) is 0.638. The second kappa shape index (κ2) is 4.55. The molecule has 0 unspecified atom stereocenters. The maximum atomic E-state index is 11.7. The van der Waals surface area contributed by atoms with E-state index in [9.17, 15) is 4.79 Å². The maximum absolute atomic E-state index is 11.7. The lowest BCUT2D eigenvalue weighted by Crippen LogP contribution is -2.28. The molecule has 1 aromatic rings. The molecule has 0 radical (unpaired) electrons. The van der Waals surface area contributed by atoms with Crippen molar-refractivity contribution < 1.29 is 4.79 Å². The fraction of sp³-hybridized carbons (Fsp3) is 0.636. The Bertz CT molecular complexity index is 381. The van der Waals surface area contributed by atoms with E-state index in [0.29, 0.717) is 11.4 Å². The summed E-state index contributed by atoms with van der Waals surface area (Å²) < 4.78 is 1.55. The summed E-state index contributed by atoms with van der Waals surface area (Å²) in [4.78, 5) is 11.7. The highest BCUT2D eigenvalue weighted by molar-refractivity contribution is 5.96. The minimum atomic E-state index is -0.169. The Balaban J connectivity index is 1.80. The van der Waals surface area contributed by atoms with Crippen LogP contribution in [0, 0.1) is 5.92 Å². The van der Waals surface area contributed by atoms with Crippen LogP contribution in [0.5, 0.6) is 0 Å². The van der Waals surface area contributed by atoms with Gasteiger partial charge in [-0.3, -0.25) is 9.48 Å². The Labute approximate surface area is 95.0 Å². The van der Waals surface area contributed by atoms with Crippen molar-refractivity contribution in [3.05, 3.63) is 11.9 Å². The second-order valence-electron chi connectivity index (χ2n) is 4.45. The molecule has 1 amide bonds. The highest BCUT2D eigenvalue weighted by Gasteiger charge is 2.18. The quantitative estimate of drug-likeness (QED) is 0.795. The number of carbonyl (C=O) groups excluding carboxylic acids is 1. The summed E-state index contributed by atoms with van der Waals surface area (Å²) in [6.45, 7) is 0.722. The number of carbonyl (C=O) groups is 1. The molecule has 1 fully saturated rings. The van der Waals surface area contributed by atoms with Crippen LogP contribution in [0.1, 0.15) is 36.2 Å². The van der Waals surface area contributed by atoms with Crippen LogP contribution in [0.25, 0.3) is 0 Å². The number of nitrogens with one attached hydrogen (secondary N) is 1. The summed E-state index contributed by atoms with van der Waals surface area (Å²) >= 11 is 0. The summed E-state index contributed by atoms with van der Waals surface area (Å²) in [6.07, 6.45) is 6.66. The number of hydrogen-bond donors (Lipinski definition) is 2. The van der Waals surface area contributed by atoms with E-state index in [2.05, 4.69) is 10.4 Å². The predicted octanol–water partition coefficient (Wildman–Crippen LogP) is 0.922. The summed E-state index contributed by atoms with van der Waals surface area (Å²) in [5, 5.41) is 6.88. The zero-order chi connectivity index (χ0) is 11.5. The van der Waals surface area contributed by atoms with Gasteiger partial charge in [-0.05, 0) is 12.3 Å². The fourth-order valence-electron chi connectivity index (χ4n) is 1.94. The lowest BCUT2D eigenvalue weighted by molar-refractivity contribution is 0.0944. The molecule has 0 atom stereocenters. The van der Waals surface area contributed by atoms with Gasteiger partial charge in [-0.15, -0.1) is 0 Å².